The number of carbonyl (C=O) groups is 3. The molecule has 0 spiro atoms. The predicted octanol–water partition coefficient (Wildman–Crippen LogP) is 3.65. The number of carboxylic acids is 1. The van der Waals surface area contributed by atoms with E-state index in [0.29, 0.717) is 30.3 Å². The second-order valence-corrected chi connectivity index (χ2v) is 11.3. The zero-order chi connectivity index (χ0) is 29.3. The van der Waals surface area contributed by atoms with Gasteiger partial charge in [0.1, 0.15) is 23.4 Å². The molecule has 1 aliphatic carbocycles. The molecule has 0 bridgehead atoms. The van der Waals surface area contributed by atoms with Crippen molar-refractivity contribution in [3.63, 3.8) is 0 Å². The maximum Gasteiger partial charge on any atom is 0.330 e. The number of hydrogen-bond acceptors (Lipinski definition) is 7. The van der Waals surface area contributed by atoms with Crippen molar-refractivity contribution in [1.29, 1.82) is 0 Å². The summed E-state index contributed by atoms with van der Waals surface area (Å²) in [5.74, 6) is -0.321. The number of benzene rings is 1. The smallest absolute Gasteiger partial charge is 0.330 e. The molecule has 4 heterocycles. The molecule has 0 radical (unpaired) electrons. The molecule has 11 nitrogen and oxygen atoms in total. The molecule has 4 unspecified atom stereocenters. The number of rotatable bonds is 5. The lowest BCUT2D eigenvalue weighted by atomic mass is 10.1. The summed E-state index contributed by atoms with van der Waals surface area (Å²) < 4.78 is 13.5. The van der Waals surface area contributed by atoms with E-state index in [1.54, 1.807) is 35.2 Å². The lowest BCUT2D eigenvalue weighted by Gasteiger charge is -2.25. The van der Waals surface area contributed by atoms with Crippen molar-refractivity contribution in [2.24, 2.45) is 5.92 Å². The van der Waals surface area contributed by atoms with Crippen molar-refractivity contribution in [2.45, 2.75) is 69.1 Å². The van der Waals surface area contributed by atoms with Crippen molar-refractivity contribution in [3.8, 4) is 17.4 Å². The largest absolute Gasteiger partial charge is 0.497 e. The molecule has 2 aliphatic heterocycles. The van der Waals surface area contributed by atoms with Gasteiger partial charge in [-0.25, -0.2) is 9.48 Å². The Morgan fingerprint density at radius 1 is 1.17 bits per heavy atom. The van der Waals surface area contributed by atoms with Crippen molar-refractivity contribution in [2.75, 3.05) is 13.7 Å². The number of aliphatic carboxylic acids is 1. The van der Waals surface area contributed by atoms with E-state index in [2.05, 4.69) is 10.4 Å². The molecular weight excluding hydrogens is 538 g/mol. The first-order valence-electron chi connectivity index (χ1n) is 14.5. The van der Waals surface area contributed by atoms with Crippen LogP contribution in [0.1, 0.15) is 51.4 Å². The van der Waals surface area contributed by atoms with Crippen molar-refractivity contribution >= 4 is 28.6 Å². The van der Waals surface area contributed by atoms with E-state index >= 15 is 0 Å². The Morgan fingerprint density at radius 3 is 2.81 bits per heavy atom. The number of nitrogens with zero attached hydrogens (tertiary/aromatic N) is 4. The molecule has 2 N–H and O–H groups in total. The average molecular weight is 574 g/mol. The van der Waals surface area contributed by atoms with Crippen molar-refractivity contribution in [1.82, 2.24) is 25.0 Å². The number of methoxy groups -OCH3 is 1. The number of fused-ring (bicyclic) bond motifs is 3. The summed E-state index contributed by atoms with van der Waals surface area (Å²) in [6.45, 7) is 0.200. The molecule has 4 atom stereocenters. The molecule has 3 aromatic rings. The zero-order valence-electron chi connectivity index (χ0n) is 23.6. The van der Waals surface area contributed by atoms with Gasteiger partial charge in [0.2, 0.25) is 17.7 Å². The predicted molar refractivity (Wildman–Crippen MR) is 153 cm³/mol. The summed E-state index contributed by atoms with van der Waals surface area (Å²) in [5, 5.41) is 18.7. The van der Waals surface area contributed by atoms with Crippen LogP contribution < -0.4 is 14.8 Å². The lowest BCUT2D eigenvalue weighted by Crippen LogP contribution is -2.53. The van der Waals surface area contributed by atoms with Crippen molar-refractivity contribution < 1.29 is 29.0 Å². The highest BCUT2D eigenvalue weighted by Gasteiger charge is 2.61. The average Bonchev–Trinajstić information content (AvgIpc) is 3.31. The first kappa shape index (κ1) is 27.7. The fourth-order valence-electron chi connectivity index (χ4n) is 6.06. The Kier molecular flexibility index (Phi) is 7.57. The molecule has 1 aromatic carbocycles. The number of hydrogen-bond donors (Lipinski definition) is 2. The Hall–Kier alpha value is -4.41. The number of aromatic nitrogens is 3. The molecule has 2 fully saturated rings. The van der Waals surface area contributed by atoms with Crippen LogP contribution in [0.5, 0.6) is 11.6 Å². The normalized spacial score (nSPS) is 27.3. The highest BCUT2D eigenvalue weighted by atomic mass is 16.5. The lowest BCUT2D eigenvalue weighted by molar-refractivity contribution is -0.145. The minimum absolute atomic E-state index is 0.126. The van der Waals surface area contributed by atoms with E-state index in [9.17, 15) is 19.5 Å². The number of nitrogens with one attached hydrogen (secondary N) is 1. The number of carbonyl (C=O) groups excluding carboxylic acids is 2. The molecule has 2 amide bonds. The number of pyridine rings is 1. The molecule has 1 saturated heterocycles. The Bertz CT molecular complexity index is 1520. The van der Waals surface area contributed by atoms with E-state index in [4.69, 9.17) is 14.5 Å². The summed E-state index contributed by atoms with van der Waals surface area (Å²) in [5.41, 5.74) is -1.34. The summed E-state index contributed by atoms with van der Waals surface area (Å²) in [6, 6.07) is 8.43. The van der Waals surface area contributed by atoms with Crippen LogP contribution in [0.25, 0.3) is 16.6 Å². The minimum atomic E-state index is -1.34. The Balaban J connectivity index is 1.29. The molecule has 6 rings (SSSR count). The van der Waals surface area contributed by atoms with E-state index in [-0.39, 0.29) is 24.8 Å². The minimum Gasteiger partial charge on any atom is -0.497 e. The second-order valence-electron chi connectivity index (χ2n) is 11.3. The van der Waals surface area contributed by atoms with Gasteiger partial charge in [-0.15, -0.1) is 0 Å². The van der Waals surface area contributed by atoms with Crippen LogP contribution in [-0.2, 0) is 14.4 Å². The van der Waals surface area contributed by atoms with Gasteiger partial charge >= 0.3 is 5.97 Å². The highest BCUT2D eigenvalue weighted by Crippen LogP contribution is 2.45. The molecular formula is C31H35N5O6. The van der Waals surface area contributed by atoms with Crippen LogP contribution in [-0.4, -0.2) is 73.9 Å². The van der Waals surface area contributed by atoms with Gasteiger partial charge < -0.3 is 24.8 Å². The highest BCUT2D eigenvalue weighted by molar-refractivity contribution is 5.95. The maximum absolute atomic E-state index is 13.6. The van der Waals surface area contributed by atoms with Crippen LogP contribution in [0.15, 0.2) is 54.9 Å². The zero-order valence-corrected chi connectivity index (χ0v) is 23.6. The van der Waals surface area contributed by atoms with Gasteiger partial charge in [0.25, 0.3) is 0 Å². The van der Waals surface area contributed by atoms with Gasteiger partial charge in [-0.2, -0.15) is 10.1 Å². The van der Waals surface area contributed by atoms with Crippen LogP contribution in [0.4, 0.5) is 0 Å². The third-order valence-corrected chi connectivity index (χ3v) is 8.52. The first-order valence-corrected chi connectivity index (χ1v) is 14.5. The fourth-order valence-corrected chi connectivity index (χ4v) is 6.06. The van der Waals surface area contributed by atoms with Crippen LogP contribution in [0, 0.1) is 5.92 Å². The van der Waals surface area contributed by atoms with Crippen LogP contribution in [0.3, 0.4) is 0 Å². The van der Waals surface area contributed by atoms with Gasteiger partial charge in [0.05, 0.1) is 13.7 Å². The van der Waals surface area contributed by atoms with Crippen LogP contribution >= 0.6 is 0 Å². The molecule has 1 saturated carbocycles. The topological polar surface area (TPSA) is 136 Å². The number of amides is 2. The molecule has 11 heteroatoms. The van der Waals surface area contributed by atoms with E-state index in [1.807, 2.05) is 36.4 Å². The van der Waals surface area contributed by atoms with E-state index in [0.717, 1.165) is 42.9 Å². The monoisotopic (exact) mass is 573 g/mol. The van der Waals surface area contributed by atoms with Gasteiger partial charge in [-0.1, -0.05) is 25.0 Å². The van der Waals surface area contributed by atoms with Gasteiger partial charge in [-0.3, -0.25) is 9.59 Å². The second kappa shape index (κ2) is 11.5. The molecule has 3 aliphatic rings. The van der Waals surface area contributed by atoms with E-state index in [1.165, 1.54) is 0 Å². The Labute approximate surface area is 243 Å². The quantitative estimate of drug-likeness (QED) is 0.442. The number of ether oxygens (including phenoxy) is 2. The Morgan fingerprint density at radius 2 is 2.02 bits per heavy atom. The third kappa shape index (κ3) is 5.43. The van der Waals surface area contributed by atoms with Crippen molar-refractivity contribution in [3.05, 3.63) is 54.9 Å². The SMILES string of the molecule is COc1ccc2c(OC3CC4C(=O)NC5(C(=O)O)CC5/C=C/CCCCCCC(=O)N4C3)nc(-n3cccn3)cc2c1. The maximum atomic E-state index is 13.6. The van der Waals surface area contributed by atoms with E-state index < -0.39 is 29.6 Å². The van der Waals surface area contributed by atoms with Gasteiger partial charge in [0, 0.05) is 36.5 Å². The number of allylic oxidation sites excluding steroid dienone is 1. The number of carboxylic acid groups (broad SMARTS) is 1. The summed E-state index contributed by atoms with van der Waals surface area (Å²) in [4.78, 5) is 45.6. The van der Waals surface area contributed by atoms with Crippen LogP contribution in [0.2, 0.25) is 0 Å². The molecule has 2 aromatic heterocycles. The van der Waals surface area contributed by atoms with Gasteiger partial charge in [-0.05, 0) is 61.4 Å². The van der Waals surface area contributed by atoms with Gasteiger partial charge in [0.15, 0.2) is 5.82 Å². The summed E-state index contributed by atoms with van der Waals surface area (Å²) in [7, 11) is 1.60. The third-order valence-electron chi connectivity index (χ3n) is 8.52. The standard InChI is InChI=1S/C31H35N5O6/c1-41-22-11-12-24-20(15-22)16-26(36-14-8-13-32-36)33-29(24)42-23-17-25-28(38)34-31(30(39)40)18-21(31)9-6-4-2-3-5-7-10-27(37)35(25)19-23/h6,8-9,11-16,21,23,25H,2-5,7,10,17-19H2,1H3,(H,34,38)(H,39,40)/b9-6+. The summed E-state index contributed by atoms with van der Waals surface area (Å²) >= 11 is 0. The first-order chi connectivity index (χ1) is 20.4. The summed E-state index contributed by atoms with van der Waals surface area (Å²) in [6.07, 6.45) is 12.2. The molecule has 42 heavy (non-hydrogen) atoms. The molecule has 220 valence electrons. The fraction of sp³-hybridized carbons (Fsp3) is 0.452.